The first-order chi connectivity index (χ1) is 13.1. The van der Waals surface area contributed by atoms with Gasteiger partial charge in [0.15, 0.2) is 0 Å². The second kappa shape index (κ2) is 13.9. The summed E-state index contributed by atoms with van der Waals surface area (Å²) in [6, 6.07) is 0. The third-order valence-corrected chi connectivity index (χ3v) is 3.44. The van der Waals surface area contributed by atoms with Gasteiger partial charge >= 0.3 is 11.9 Å². The van der Waals surface area contributed by atoms with Gasteiger partial charge in [-0.25, -0.2) is 9.59 Å². The summed E-state index contributed by atoms with van der Waals surface area (Å²) in [5.41, 5.74) is -0.603. The lowest BCUT2D eigenvalue weighted by molar-refractivity contribution is -0.142. The van der Waals surface area contributed by atoms with E-state index < -0.39 is 29.7 Å². The molecule has 0 saturated heterocycles. The Kier molecular flexibility index (Phi) is 12.9. The molecule has 0 spiro atoms. The Morgan fingerprint density at radius 2 is 1.46 bits per heavy atom. The van der Waals surface area contributed by atoms with E-state index in [0.717, 1.165) is 12.2 Å². The number of esters is 2. The number of hydrogen-bond donors (Lipinski definition) is 2. The molecule has 0 saturated carbocycles. The van der Waals surface area contributed by atoms with Crippen LogP contribution in [0.3, 0.4) is 0 Å². The molecule has 0 aromatic rings. The summed E-state index contributed by atoms with van der Waals surface area (Å²) in [4.78, 5) is 21.9. The van der Waals surface area contributed by atoms with Gasteiger partial charge in [0.1, 0.15) is 25.9 Å². The van der Waals surface area contributed by atoms with Crippen LogP contribution in [-0.4, -0.2) is 66.4 Å². The maximum Gasteiger partial charge on any atom is 0.330 e. The fourth-order valence-corrected chi connectivity index (χ4v) is 2.09. The highest BCUT2D eigenvalue weighted by Crippen LogP contribution is 2.18. The van der Waals surface area contributed by atoms with Crippen LogP contribution >= 0.6 is 0 Å². The number of allylic oxidation sites excluding steroid dienone is 1. The van der Waals surface area contributed by atoms with Crippen molar-refractivity contribution in [2.45, 2.75) is 51.4 Å². The fraction of sp³-hybridized carbons (Fsp3) is 0.600. The van der Waals surface area contributed by atoms with Crippen LogP contribution in [-0.2, 0) is 28.5 Å². The van der Waals surface area contributed by atoms with E-state index in [1.807, 2.05) is 13.8 Å². The highest BCUT2D eigenvalue weighted by Gasteiger charge is 2.23. The summed E-state index contributed by atoms with van der Waals surface area (Å²) >= 11 is 0. The molecule has 160 valence electrons. The van der Waals surface area contributed by atoms with Crippen LogP contribution in [0.15, 0.2) is 37.1 Å². The zero-order valence-electron chi connectivity index (χ0n) is 16.9. The summed E-state index contributed by atoms with van der Waals surface area (Å²) < 4.78 is 20.6. The van der Waals surface area contributed by atoms with Crippen LogP contribution in [0, 0.1) is 0 Å². The summed E-state index contributed by atoms with van der Waals surface area (Å²) in [6.45, 7) is 12.1. The Morgan fingerprint density at radius 3 is 2.00 bits per heavy atom. The third kappa shape index (κ3) is 14.0. The highest BCUT2D eigenvalue weighted by atomic mass is 16.6. The number of aliphatic hydroxyl groups is 2. The lowest BCUT2D eigenvalue weighted by atomic mass is 10.0. The van der Waals surface area contributed by atoms with E-state index in [-0.39, 0.29) is 19.8 Å². The smallest absolute Gasteiger partial charge is 0.330 e. The van der Waals surface area contributed by atoms with Crippen molar-refractivity contribution in [3.8, 4) is 0 Å². The molecule has 0 aliphatic heterocycles. The number of rotatable bonds is 15. The Balaban J connectivity index is 4.05. The zero-order valence-corrected chi connectivity index (χ0v) is 16.9. The fourth-order valence-electron chi connectivity index (χ4n) is 2.09. The van der Waals surface area contributed by atoms with Gasteiger partial charge in [0.25, 0.3) is 0 Å². The van der Waals surface area contributed by atoms with E-state index in [1.54, 1.807) is 13.0 Å². The average Bonchev–Trinajstić information content (AvgIpc) is 2.65. The molecule has 0 aromatic carbocycles. The van der Waals surface area contributed by atoms with Crippen LogP contribution < -0.4 is 0 Å². The molecule has 0 radical (unpaired) electrons. The molecule has 0 heterocycles. The Labute approximate surface area is 166 Å². The predicted molar refractivity (Wildman–Crippen MR) is 103 cm³/mol. The SMILES string of the molecule is C=CC(=O)OCC(O)CO/C(C)=C/CCOC(C)(C)CC(O)COC(=O)C=C. The van der Waals surface area contributed by atoms with E-state index in [0.29, 0.717) is 25.2 Å². The quantitative estimate of drug-likeness (QED) is 0.185. The minimum absolute atomic E-state index is 0.00523. The van der Waals surface area contributed by atoms with Crippen molar-refractivity contribution in [1.29, 1.82) is 0 Å². The van der Waals surface area contributed by atoms with Gasteiger partial charge in [-0.2, -0.15) is 0 Å². The van der Waals surface area contributed by atoms with Crippen molar-refractivity contribution < 1.29 is 38.7 Å². The van der Waals surface area contributed by atoms with Crippen molar-refractivity contribution in [2.75, 3.05) is 26.4 Å². The van der Waals surface area contributed by atoms with Crippen molar-refractivity contribution in [3.63, 3.8) is 0 Å². The number of ether oxygens (including phenoxy) is 4. The first kappa shape index (κ1) is 25.8. The van der Waals surface area contributed by atoms with Gasteiger partial charge in [-0.1, -0.05) is 13.2 Å². The van der Waals surface area contributed by atoms with Crippen LogP contribution in [0.1, 0.15) is 33.6 Å². The number of aliphatic hydroxyl groups excluding tert-OH is 2. The van der Waals surface area contributed by atoms with Crippen LogP contribution in [0.25, 0.3) is 0 Å². The number of carbonyl (C=O) groups is 2. The van der Waals surface area contributed by atoms with Crippen LogP contribution in [0.4, 0.5) is 0 Å². The lowest BCUT2D eigenvalue weighted by Crippen LogP contribution is -2.33. The molecular weight excluding hydrogens is 368 g/mol. The first-order valence-corrected chi connectivity index (χ1v) is 8.97. The topological polar surface area (TPSA) is 112 Å². The van der Waals surface area contributed by atoms with Crippen molar-refractivity contribution in [2.24, 2.45) is 0 Å². The van der Waals surface area contributed by atoms with Crippen molar-refractivity contribution in [1.82, 2.24) is 0 Å². The molecule has 2 unspecified atom stereocenters. The Hall–Kier alpha value is -2.16. The summed E-state index contributed by atoms with van der Waals surface area (Å²) in [5.74, 6) is -0.579. The van der Waals surface area contributed by atoms with Gasteiger partial charge in [-0.15, -0.1) is 0 Å². The average molecular weight is 400 g/mol. The molecule has 8 heteroatoms. The molecule has 8 nitrogen and oxygen atoms in total. The van der Waals surface area contributed by atoms with E-state index in [2.05, 4.69) is 13.2 Å². The molecule has 0 aromatic heterocycles. The standard InChI is InChI=1S/C20H32O8/c1-6-18(23)26-12-16(21)11-20(4,5)28-10-8-9-15(3)25-13-17(22)14-27-19(24)7-2/h6-7,9,16-17,21-22H,1-2,8,10-14H2,3-5H3/b15-9+. The summed E-state index contributed by atoms with van der Waals surface area (Å²) in [5, 5.41) is 19.6. The molecule has 0 amide bonds. The monoisotopic (exact) mass is 400 g/mol. The van der Waals surface area contributed by atoms with E-state index in [9.17, 15) is 19.8 Å². The Bertz CT molecular complexity index is 538. The number of hydrogen-bond acceptors (Lipinski definition) is 8. The second-order valence-corrected chi connectivity index (χ2v) is 6.70. The molecular formula is C20H32O8. The second-order valence-electron chi connectivity index (χ2n) is 6.70. The van der Waals surface area contributed by atoms with E-state index in [4.69, 9.17) is 18.9 Å². The van der Waals surface area contributed by atoms with Crippen LogP contribution in [0.5, 0.6) is 0 Å². The van der Waals surface area contributed by atoms with Gasteiger partial charge < -0.3 is 29.2 Å². The predicted octanol–water partition coefficient (Wildman–Crippen LogP) is 1.66. The van der Waals surface area contributed by atoms with Crippen molar-refractivity contribution >= 4 is 11.9 Å². The van der Waals surface area contributed by atoms with Crippen molar-refractivity contribution in [3.05, 3.63) is 37.1 Å². The van der Waals surface area contributed by atoms with E-state index in [1.165, 1.54) is 0 Å². The molecule has 0 aliphatic carbocycles. The largest absolute Gasteiger partial charge is 0.496 e. The molecule has 0 bridgehead atoms. The molecule has 2 atom stereocenters. The maximum absolute atomic E-state index is 11.0. The minimum Gasteiger partial charge on any atom is -0.496 e. The molecule has 28 heavy (non-hydrogen) atoms. The molecule has 2 N–H and O–H groups in total. The third-order valence-electron chi connectivity index (χ3n) is 3.44. The normalized spacial score (nSPS) is 14.0. The molecule has 0 rings (SSSR count). The van der Waals surface area contributed by atoms with E-state index >= 15 is 0 Å². The summed E-state index contributed by atoms with van der Waals surface area (Å²) in [6.07, 6.45) is 2.96. The zero-order chi connectivity index (χ0) is 21.6. The van der Waals surface area contributed by atoms with Crippen LogP contribution in [0.2, 0.25) is 0 Å². The van der Waals surface area contributed by atoms with Gasteiger partial charge in [-0.3, -0.25) is 0 Å². The highest BCUT2D eigenvalue weighted by molar-refractivity contribution is 5.81. The Morgan fingerprint density at radius 1 is 0.964 bits per heavy atom. The van der Waals surface area contributed by atoms with Gasteiger partial charge in [0.2, 0.25) is 0 Å². The summed E-state index contributed by atoms with van der Waals surface area (Å²) in [7, 11) is 0. The van der Waals surface area contributed by atoms with Gasteiger partial charge in [0, 0.05) is 18.6 Å². The maximum atomic E-state index is 11.0. The molecule has 0 fully saturated rings. The lowest BCUT2D eigenvalue weighted by Gasteiger charge is -2.27. The van der Waals surface area contributed by atoms with Gasteiger partial charge in [-0.05, 0) is 33.3 Å². The number of carbonyl (C=O) groups excluding carboxylic acids is 2. The van der Waals surface area contributed by atoms with Gasteiger partial charge in [0.05, 0.1) is 24.1 Å². The minimum atomic E-state index is -0.931. The molecule has 0 aliphatic rings. The first-order valence-electron chi connectivity index (χ1n) is 8.97.